The molecule has 1 saturated carbocycles. The smallest absolute Gasteiger partial charge is 0.340 e. The lowest BCUT2D eigenvalue weighted by Crippen LogP contribution is -2.52. The first-order chi connectivity index (χ1) is 18.3. The number of carbonyl (C=O) groups is 2. The molecule has 4 rings (SSSR count). The average Bonchev–Trinajstić information content (AvgIpc) is 3.23. The van der Waals surface area contributed by atoms with Crippen LogP contribution in [0.2, 0.25) is 0 Å². The van der Waals surface area contributed by atoms with E-state index in [0.29, 0.717) is 25.8 Å². The monoisotopic (exact) mass is 565 g/mol. The van der Waals surface area contributed by atoms with Gasteiger partial charge in [-0.05, 0) is 61.9 Å². The van der Waals surface area contributed by atoms with Gasteiger partial charge in [-0.1, -0.05) is 38.1 Å². The molecule has 39 heavy (non-hydrogen) atoms. The van der Waals surface area contributed by atoms with Gasteiger partial charge in [0.1, 0.15) is 6.04 Å². The third-order valence-corrected chi connectivity index (χ3v) is 9.30. The van der Waals surface area contributed by atoms with Gasteiger partial charge in [-0.15, -0.1) is 0 Å². The maximum absolute atomic E-state index is 13.4. The van der Waals surface area contributed by atoms with Gasteiger partial charge in [0.05, 0.1) is 16.2 Å². The van der Waals surface area contributed by atoms with Crippen molar-refractivity contribution >= 4 is 21.7 Å². The van der Waals surface area contributed by atoms with Crippen molar-refractivity contribution in [1.82, 2.24) is 15.5 Å². The molecule has 1 aliphatic carbocycles. The summed E-state index contributed by atoms with van der Waals surface area (Å²) in [6.07, 6.45) is -2.32. The number of likely N-dealkylation sites (tertiary alicyclic amines) is 1. The molecule has 2 amide bonds. The molecule has 1 heterocycles. The lowest BCUT2D eigenvalue weighted by atomic mass is 9.81. The number of hydrogen-bond donors (Lipinski definition) is 2. The number of sulfone groups is 1. The fourth-order valence-electron chi connectivity index (χ4n) is 5.71. The van der Waals surface area contributed by atoms with Crippen molar-refractivity contribution in [2.45, 2.75) is 74.8 Å². The summed E-state index contributed by atoms with van der Waals surface area (Å²) < 4.78 is 65.8. The molecule has 2 aromatic carbocycles. The fourth-order valence-corrected chi connectivity index (χ4v) is 7.40. The summed E-state index contributed by atoms with van der Waals surface area (Å²) in [7, 11) is -3.60. The van der Waals surface area contributed by atoms with Crippen LogP contribution < -0.4 is 10.6 Å². The van der Waals surface area contributed by atoms with Crippen LogP contribution in [0.25, 0.3) is 0 Å². The van der Waals surface area contributed by atoms with Gasteiger partial charge in [0.25, 0.3) is 5.91 Å². The minimum absolute atomic E-state index is 0.108. The van der Waals surface area contributed by atoms with Gasteiger partial charge in [0, 0.05) is 30.2 Å². The third kappa shape index (κ3) is 7.00. The van der Waals surface area contributed by atoms with Gasteiger partial charge in [-0.3, -0.25) is 9.59 Å². The molecule has 0 bridgehead atoms. The topological polar surface area (TPSA) is 95.6 Å². The predicted octanol–water partition coefficient (Wildman–Crippen LogP) is 4.05. The highest BCUT2D eigenvalue weighted by Gasteiger charge is 2.43. The van der Waals surface area contributed by atoms with Crippen LogP contribution in [0.5, 0.6) is 0 Å². The van der Waals surface area contributed by atoms with Crippen LogP contribution in [-0.2, 0) is 20.8 Å². The first kappa shape index (κ1) is 29.1. The number of alkyl halides is 3. The average molecular weight is 566 g/mol. The normalized spacial score (nSPS) is 24.3. The van der Waals surface area contributed by atoms with E-state index in [1.54, 1.807) is 35.2 Å². The number of benzene rings is 2. The highest BCUT2D eigenvalue weighted by atomic mass is 32.2. The number of nitrogens with one attached hydrogen (secondary N) is 2. The molecule has 2 N–H and O–H groups in total. The first-order valence-corrected chi connectivity index (χ1v) is 14.8. The summed E-state index contributed by atoms with van der Waals surface area (Å²) in [6, 6.07) is 11.4. The molecule has 2 aliphatic rings. The van der Waals surface area contributed by atoms with Crippen molar-refractivity contribution in [3.05, 3.63) is 65.7 Å². The first-order valence-electron chi connectivity index (χ1n) is 13.2. The van der Waals surface area contributed by atoms with E-state index in [9.17, 15) is 31.2 Å². The second-order valence-electron chi connectivity index (χ2n) is 10.7. The van der Waals surface area contributed by atoms with E-state index in [1.165, 1.54) is 6.07 Å². The summed E-state index contributed by atoms with van der Waals surface area (Å²) >= 11 is 0. The Morgan fingerprint density at radius 3 is 2.44 bits per heavy atom. The minimum atomic E-state index is -4.59. The summed E-state index contributed by atoms with van der Waals surface area (Å²) in [4.78, 5) is 28.0. The van der Waals surface area contributed by atoms with Crippen molar-refractivity contribution in [2.24, 2.45) is 5.92 Å². The Bertz CT molecular complexity index is 1280. The molecule has 0 spiro atoms. The highest BCUT2D eigenvalue weighted by Crippen LogP contribution is 2.34. The maximum Gasteiger partial charge on any atom is 0.416 e. The van der Waals surface area contributed by atoms with Gasteiger partial charge in [0.2, 0.25) is 5.91 Å². The molecule has 0 aromatic heterocycles. The van der Waals surface area contributed by atoms with Crippen molar-refractivity contribution in [3.8, 4) is 0 Å². The lowest BCUT2D eigenvalue weighted by Gasteiger charge is -2.41. The predicted molar refractivity (Wildman–Crippen MR) is 141 cm³/mol. The maximum atomic E-state index is 13.4. The van der Waals surface area contributed by atoms with Crippen LogP contribution in [0.3, 0.4) is 0 Å². The summed E-state index contributed by atoms with van der Waals surface area (Å²) in [5.74, 6) is -1.52. The molecule has 2 aromatic rings. The van der Waals surface area contributed by atoms with Crippen LogP contribution in [0.15, 0.2) is 59.5 Å². The molecule has 11 heteroatoms. The number of rotatable bonds is 8. The zero-order chi connectivity index (χ0) is 28.4. The van der Waals surface area contributed by atoms with Crippen LogP contribution in [0.1, 0.15) is 55.5 Å². The van der Waals surface area contributed by atoms with Crippen LogP contribution >= 0.6 is 0 Å². The summed E-state index contributed by atoms with van der Waals surface area (Å²) in [5, 5.41) is 6.08. The Balaban J connectivity index is 1.49. The molecule has 0 unspecified atom stereocenters. The van der Waals surface area contributed by atoms with Gasteiger partial charge in [0.15, 0.2) is 9.84 Å². The second kappa shape index (κ2) is 11.7. The van der Waals surface area contributed by atoms with Crippen molar-refractivity contribution in [2.75, 3.05) is 12.3 Å². The van der Waals surface area contributed by atoms with Gasteiger partial charge < -0.3 is 15.5 Å². The van der Waals surface area contributed by atoms with Gasteiger partial charge in [-0.25, -0.2) is 8.42 Å². The molecule has 1 aliphatic heterocycles. The Morgan fingerprint density at radius 2 is 1.77 bits per heavy atom. The van der Waals surface area contributed by atoms with Crippen molar-refractivity contribution < 1.29 is 31.2 Å². The van der Waals surface area contributed by atoms with Crippen molar-refractivity contribution in [1.29, 1.82) is 0 Å². The Morgan fingerprint density at radius 1 is 1.05 bits per heavy atom. The zero-order valence-corrected chi connectivity index (χ0v) is 22.8. The van der Waals surface area contributed by atoms with Crippen molar-refractivity contribution in [3.63, 3.8) is 0 Å². The lowest BCUT2D eigenvalue weighted by molar-refractivity contribution is -0.137. The molecule has 4 atom stereocenters. The molecule has 212 valence electrons. The molecule has 7 nitrogen and oxygen atoms in total. The molecule has 2 fully saturated rings. The Kier molecular flexibility index (Phi) is 8.70. The van der Waals surface area contributed by atoms with E-state index in [-0.39, 0.29) is 46.2 Å². The third-order valence-electron chi connectivity index (χ3n) is 7.44. The number of carbonyl (C=O) groups excluding carboxylic acids is 2. The molecule has 0 radical (unpaired) electrons. The standard InChI is InChI=1S/C28H34F3N3O4S/c1-18(2)32-22-11-12-25(20(16-22)17-39(37,38)23-9-4-3-5-10-23)34-14-13-24(27(34)36)33-26(35)19-7-6-8-21(15-19)28(29,30)31/h3-10,15,18,20,22,24-25,32H,11-14,16-17H2,1-2H3,(H,33,35)/t20-,22-,24+,25+/m1/s1. The largest absolute Gasteiger partial charge is 0.416 e. The van der Waals surface area contributed by atoms with Crippen LogP contribution in [0.4, 0.5) is 13.2 Å². The molecule has 1 saturated heterocycles. The van der Waals surface area contributed by atoms with E-state index in [0.717, 1.165) is 24.6 Å². The zero-order valence-electron chi connectivity index (χ0n) is 21.9. The highest BCUT2D eigenvalue weighted by molar-refractivity contribution is 7.91. The van der Waals surface area contributed by atoms with Crippen LogP contribution in [0, 0.1) is 5.92 Å². The minimum Gasteiger partial charge on any atom is -0.340 e. The van der Waals surface area contributed by atoms with E-state index >= 15 is 0 Å². The van der Waals surface area contributed by atoms with E-state index in [1.807, 2.05) is 13.8 Å². The number of hydrogen-bond acceptors (Lipinski definition) is 5. The van der Waals surface area contributed by atoms with E-state index in [4.69, 9.17) is 0 Å². The summed E-state index contributed by atoms with van der Waals surface area (Å²) in [5.41, 5.74) is -1.12. The van der Waals surface area contributed by atoms with E-state index in [2.05, 4.69) is 10.6 Å². The van der Waals surface area contributed by atoms with Gasteiger partial charge >= 0.3 is 6.18 Å². The summed E-state index contributed by atoms with van der Waals surface area (Å²) in [6.45, 7) is 4.40. The fraction of sp³-hybridized carbons (Fsp3) is 0.500. The van der Waals surface area contributed by atoms with E-state index < -0.39 is 33.5 Å². The SMILES string of the molecule is CC(C)N[C@@H]1CC[C@H](N2CC[C@H](NC(=O)c3cccc(C(F)(F)F)c3)C2=O)[C@@H](CS(=O)(=O)c2ccccc2)C1. The van der Waals surface area contributed by atoms with Crippen LogP contribution in [-0.4, -0.2) is 61.6 Å². The molecular formula is C28H34F3N3O4S. The number of nitrogens with zero attached hydrogens (tertiary/aromatic N) is 1. The Labute approximate surface area is 227 Å². The number of halogens is 3. The molecular weight excluding hydrogens is 531 g/mol. The number of amides is 2. The Hall–Kier alpha value is -2.92. The second-order valence-corrected chi connectivity index (χ2v) is 12.7. The van der Waals surface area contributed by atoms with Gasteiger partial charge in [-0.2, -0.15) is 13.2 Å². The quantitative estimate of drug-likeness (QED) is 0.504.